The first-order valence-corrected chi connectivity index (χ1v) is 5.65. The van der Waals surface area contributed by atoms with Gasteiger partial charge in [0.25, 0.3) is 0 Å². The number of rotatable bonds is 3. The van der Waals surface area contributed by atoms with E-state index in [-0.39, 0.29) is 5.78 Å². The van der Waals surface area contributed by atoms with Gasteiger partial charge in [-0.3, -0.25) is 4.79 Å². The zero-order chi connectivity index (χ0) is 9.97. The molecule has 1 aromatic heterocycles. The summed E-state index contributed by atoms with van der Waals surface area (Å²) in [7, 11) is 0. The first kappa shape index (κ1) is 9.74. The molecule has 0 fully saturated rings. The van der Waals surface area contributed by atoms with Crippen LogP contribution in [0.15, 0.2) is 23.9 Å². The highest BCUT2D eigenvalue weighted by Crippen LogP contribution is 2.22. The lowest BCUT2D eigenvalue weighted by atomic mass is 10.3. The van der Waals surface area contributed by atoms with Crippen molar-refractivity contribution in [1.29, 1.82) is 0 Å². The van der Waals surface area contributed by atoms with E-state index in [1.807, 2.05) is 12.1 Å². The van der Waals surface area contributed by atoms with E-state index < -0.39 is 0 Å². The number of hydrogen-bond donors (Lipinski definition) is 1. The highest BCUT2D eigenvalue weighted by atomic mass is 35.5. The highest BCUT2D eigenvalue weighted by Gasteiger charge is 2.11. The van der Waals surface area contributed by atoms with Crippen molar-refractivity contribution in [2.75, 3.05) is 0 Å². The Morgan fingerprint density at radius 2 is 2.29 bits per heavy atom. The van der Waals surface area contributed by atoms with Crippen LogP contribution in [-0.4, -0.2) is 5.78 Å². The van der Waals surface area contributed by atoms with E-state index in [4.69, 9.17) is 11.6 Å². The van der Waals surface area contributed by atoms with Crippen molar-refractivity contribution in [3.05, 3.63) is 33.1 Å². The largest absolute Gasteiger partial charge is 0.383 e. The Morgan fingerprint density at radius 3 is 2.86 bits per heavy atom. The second-order valence-corrected chi connectivity index (χ2v) is 4.99. The Balaban J connectivity index is 1.89. The molecule has 14 heavy (non-hydrogen) atoms. The third-order valence-corrected chi connectivity index (χ3v) is 3.33. The summed E-state index contributed by atoms with van der Waals surface area (Å²) in [6, 6.07) is 3.88. The molecule has 0 saturated carbocycles. The second kappa shape index (κ2) is 4.15. The molecule has 0 spiro atoms. The van der Waals surface area contributed by atoms with Gasteiger partial charge in [0.2, 0.25) is 0 Å². The van der Waals surface area contributed by atoms with Gasteiger partial charge in [0, 0.05) is 29.6 Å². The molecular weight excluding hydrogens is 218 g/mol. The molecule has 0 aliphatic heterocycles. The molecule has 2 rings (SSSR count). The summed E-state index contributed by atoms with van der Waals surface area (Å²) >= 11 is 7.36. The summed E-state index contributed by atoms with van der Waals surface area (Å²) in [6.07, 6.45) is 3.18. The minimum atomic E-state index is 0.219. The molecule has 2 nitrogen and oxygen atoms in total. The monoisotopic (exact) mass is 227 g/mol. The minimum Gasteiger partial charge on any atom is -0.383 e. The van der Waals surface area contributed by atoms with E-state index in [1.54, 1.807) is 17.4 Å². The first-order chi connectivity index (χ1) is 6.74. The van der Waals surface area contributed by atoms with Crippen molar-refractivity contribution in [3.63, 3.8) is 0 Å². The normalized spacial score (nSPS) is 15.8. The van der Waals surface area contributed by atoms with Crippen LogP contribution >= 0.6 is 22.9 Å². The van der Waals surface area contributed by atoms with E-state index in [0.29, 0.717) is 6.42 Å². The number of thiophene rings is 1. The fraction of sp³-hybridized carbons (Fsp3) is 0.300. The maximum absolute atomic E-state index is 10.9. The summed E-state index contributed by atoms with van der Waals surface area (Å²) < 4.78 is 0.804. The van der Waals surface area contributed by atoms with Crippen molar-refractivity contribution in [2.45, 2.75) is 19.4 Å². The van der Waals surface area contributed by atoms with Crippen LogP contribution in [0.2, 0.25) is 4.34 Å². The van der Waals surface area contributed by atoms with Crippen molar-refractivity contribution in [2.24, 2.45) is 0 Å². The number of halogens is 1. The Morgan fingerprint density at radius 1 is 1.43 bits per heavy atom. The van der Waals surface area contributed by atoms with E-state index >= 15 is 0 Å². The smallest absolute Gasteiger partial charge is 0.157 e. The van der Waals surface area contributed by atoms with Crippen molar-refractivity contribution in [3.8, 4) is 0 Å². The molecule has 0 unspecified atom stereocenters. The molecule has 0 amide bonds. The van der Waals surface area contributed by atoms with Crippen molar-refractivity contribution >= 4 is 28.7 Å². The average Bonchev–Trinajstić information content (AvgIpc) is 2.72. The maximum Gasteiger partial charge on any atom is 0.157 e. The molecule has 0 radical (unpaired) electrons. The molecule has 1 aliphatic carbocycles. The third-order valence-electron chi connectivity index (χ3n) is 2.09. The van der Waals surface area contributed by atoms with Gasteiger partial charge in [-0.15, -0.1) is 11.3 Å². The Kier molecular flexibility index (Phi) is 2.89. The van der Waals surface area contributed by atoms with Crippen LogP contribution in [0.25, 0.3) is 0 Å². The predicted molar refractivity (Wildman–Crippen MR) is 58.5 cm³/mol. The molecule has 0 aromatic carbocycles. The van der Waals surface area contributed by atoms with Gasteiger partial charge in [-0.25, -0.2) is 0 Å². The minimum absolute atomic E-state index is 0.219. The molecule has 1 aliphatic rings. The zero-order valence-corrected chi connectivity index (χ0v) is 9.12. The van der Waals surface area contributed by atoms with Gasteiger partial charge in [-0.05, 0) is 18.6 Å². The van der Waals surface area contributed by atoms with E-state index in [2.05, 4.69) is 5.32 Å². The lowest BCUT2D eigenvalue weighted by molar-refractivity contribution is -0.114. The van der Waals surface area contributed by atoms with Gasteiger partial charge in [0.1, 0.15) is 0 Å². The summed E-state index contributed by atoms with van der Waals surface area (Å²) in [5.41, 5.74) is 1.04. The number of ketones is 1. The molecule has 4 heteroatoms. The predicted octanol–water partition coefficient (Wildman–Crippen LogP) is 2.74. The van der Waals surface area contributed by atoms with Gasteiger partial charge >= 0.3 is 0 Å². The summed E-state index contributed by atoms with van der Waals surface area (Å²) in [4.78, 5) is 12.1. The molecule has 0 saturated heterocycles. The Hall–Kier alpha value is -0.800. The van der Waals surface area contributed by atoms with E-state index in [0.717, 1.165) is 23.0 Å². The van der Waals surface area contributed by atoms with Gasteiger partial charge in [0.05, 0.1) is 4.34 Å². The molecule has 0 atom stereocenters. The lowest BCUT2D eigenvalue weighted by Gasteiger charge is -2.03. The van der Waals surface area contributed by atoms with Crippen LogP contribution in [-0.2, 0) is 11.3 Å². The van der Waals surface area contributed by atoms with Gasteiger partial charge in [0.15, 0.2) is 5.78 Å². The number of hydrogen-bond acceptors (Lipinski definition) is 3. The highest BCUT2D eigenvalue weighted by molar-refractivity contribution is 7.16. The number of carbonyl (C=O) groups excluding carboxylic acids is 1. The quantitative estimate of drug-likeness (QED) is 0.861. The van der Waals surface area contributed by atoms with Crippen molar-refractivity contribution < 1.29 is 4.79 Å². The molecule has 1 aromatic rings. The number of carbonyl (C=O) groups is 1. The van der Waals surface area contributed by atoms with E-state index in [9.17, 15) is 4.79 Å². The number of allylic oxidation sites excluding steroid dienone is 2. The average molecular weight is 228 g/mol. The summed E-state index contributed by atoms with van der Waals surface area (Å²) in [6.45, 7) is 0.760. The van der Waals surface area contributed by atoms with Crippen LogP contribution in [0, 0.1) is 0 Å². The van der Waals surface area contributed by atoms with Crippen LogP contribution in [0.1, 0.15) is 17.7 Å². The van der Waals surface area contributed by atoms with Gasteiger partial charge < -0.3 is 5.32 Å². The van der Waals surface area contributed by atoms with Crippen molar-refractivity contribution in [1.82, 2.24) is 5.32 Å². The second-order valence-electron chi connectivity index (χ2n) is 3.20. The van der Waals surface area contributed by atoms with Gasteiger partial charge in [-0.2, -0.15) is 0 Å². The van der Waals surface area contributed by atoms with Crippen LogP contribution in [0.5, 0.6) is 0 Å². The lowest BCUT2D eigenvalue weighted by Crippen LogP contribution is -2.09. The SMILES string of the molecule is O=C1C=C(NCc2ccc(Cl)s2)CC1. The van der Waals surface area contributed by atoms with Crippen LogP contribution in [0.3, 0.4) is 0 Å². The molecule has 1 heterocycles. The number of nitrogens with one attached hydrogen (secondary N) is 1. The molecule has 1 N–H and O–H groups in total. The summed E-state index contributed by atoms with van der Waals surface area (Å²) in [5.74, 6) is 0.219. The third kappa shape index (κ3) is 2.36. The standard InChI is InChI=1S/C10H10ClNOS/c11-10-4-3-9(14-10)6-12-7-1-2-8(13)5-7/h3-5,12H,1-2,6H2. The zero-order valence-electron chi connectivity index (χ0n) is 7.55. The topological polar surface area (TPSA) is 29.1 Å². The van der Waals surface area contributed by atoms with Crippen LogP contribution in [0.4, 0.5) is 0 Å². The summed E-state index contributed by atoms with van der Waals surface area (Å²) in [5, 5.41) is 3.23. The Bertz CT molecular complexity index is 383. The maximum atomic E-state index is 10.9. The Labute approximate surface area is 91.6 Å². The van der Waals surface area contributed by atoms with Crippen LogP contribution < -0.4 is 5.32 Å². The molecule has 74 valence electrons. The molecule has 0 bridgehead atoms. The first-order valence-electron chi connectivity index (χ1n) is 4.45. The van der Waals surface area contributed by atoms with E-state index in [1.165, 1.54) is 4.88 Å². The fourth-order valence-electron chi connectivity index (χ4n) is 1.38. The molecular formula is C10H10ClNOS. The fourth-order valence-corrected chi connectivity index (χ4v) is 2.41. The van der Waals surface area contributed by atoms with Gasteiger partial charge in [-0.1, -0.05) is 11.6 Å².